The van der Waals surface area contributed by atoms with E-state index < -0.39 is 5.97 Å². The number of carboxylic acid groups (broad SMARTS) is 1. The summed E-state index contributed by atoms with van der Waals surface area (Å²) in [7, 11) is 1.61. The van der Waals surface area contributed by atoms with Crippen molar-refractivity contribution in [3.8, 4) is 0 Å². The van der Waals surface area contributed by atoms with Crippen LogP contribution in [0.15, 0.2) is 0 Å². The molecule has 1 aliphatic carbocycles. The van der Waals surface area contributed by atoms with Crippen molar-refractivity contribution in [1.82, 2.24) is 10.2 Å². The molecule has 1 saturated carbocycles. The second-order valence-corrected chi connectivity index (χ2v) is 4.54. The molecular weight excluding hydrogens is 236 g/mol. The summed E-state index contributed by atoms with van der Waals surface area (Å²) in [6.45, 7) is 0.874. The van der Waals surface area contributed by atoms with Crippen molar-refractivity contribution in [3.05, 3.63) is 0 Å². The van der Waals surface area contributed by atoms with Crippen molar-refractivity contribution in [2.75, 3.05) is 26.8 Å². The van der Waals surface area contributed by atoms with E-state index in [-0.39, 0.29) is 18.6 Å². The molecule has 6 nitrogen and oxygen atoms in total. The fourth-order valence-corrected chi connectivity index (χ4v) is 2.24. The highest BCUT2D eigenvalue weighted by molar-refractivity contribution is 5.80. The second-order valence-electron chi connectivity index (χ2n) is 4.54. The molecule has 0 aliphatic heterocycles. The van der Waals surface area contributed by atoms with Crippen LogP contribution in [-0.2, 0) is 9.53 Å². The Morgan fingerprint density at radius 2 is 2.06 bits per heavy atom. The molecule has 1 fully saturated rings. The predicted molar refractivity (Wildman–Crippen MR) is 66.5 cm³/mol. The van der Waals surface area contributed by atoms with E-state index in [1.54, 1.807) is 7.11 Å². The molecule has 0 heterocycles. The average molecular weight is 258 g/mol. The molecule has 0 bridgehead atoms. The number of hydrogen-bond donors (Lipinski definition) is 2. The summed E-state index contributed by atoms with van der Waals surface area (Å²) in [4.78, 5) is 24.2. The van der Waals surface area contributed by atoms with E-state index in [4.69, 9.17) is 9.84 Å². The van der Waals surface area contributed by atoms with Gasteiger partial charge in [0.15, 0.2) is 0 Å². The van der Waals surface area contributed by atoms with Gasteiger partial charge in [0.05, 0.1) is 0 Å². The van der Waals surface area contributed by atoms with E-state index in [1.807, 2.05) is 0 Å². The third kappa shape index (κ3) is 4.91. The maximum atomic E-state index is 11.9. The minimum atomic E-state index is -0.964. The fraction of sp³-hybridized carbons (Fsp3) is 0.833. The molecule has 0 atom stereocenters. The maximum Gasteiger partial charge on any atom is 0.323 e. The summed E-state index contributed by atoms with van der Waals surface area (Å²) in [6, 6.07) is -0.205. The quantitative estimate of drug-likeness (QED) is 0.669. The summed E-state index contributed by atoms with van der Waals surface area (Å²) in [5.74, 6) is -0.964. The first-order chi connectivity index (χ1) is 8.65. The van der Waals surface area contributed by atoms with Gasteiger partial charge in [-0.15, -0.1) is 0 Å². The second kappa shape index (κ2) is 7.92. The Labute approximate surface area is 107 Å². The van der Waals surface area contributed by atoms with Crippen molar-refractivity contribution in [2.45, 2.75) is 38.1 Å². The van der Waals surface area contributed by atoms with Gasteiger partial charge in [-0.05, 0) is 19.3 Å². The molecule has 2 N–H and O–H groups in total. The highest BCUT2D eigenvalue weighted by atomic mass is 16.5. The highest BCUT2D eigenvalue weighted by Crippen LogP contribution is 2.23. The first-order valence-electron chi connectivity index (χ1n) is 6.40. The molecule has 0 saturated heterocycles. The average Bonchev–Trinajstić information content (AvgIpc) is 2.84. The molecule has 104 valence electrons. The molecule has 0 aromatic heterocycles. The van der Waals surface area contributed by atoms with Gasteiger partial charge in [-0.1, -0.05) is 12.8 Å². The van der Waals surface area contributed by atoms with Gasteiger partial charge in [-0.2, -0.15) is 0 Å². The van der Waals surface area contributed by atoms with Gasteiger partial charge in [-0.25, -0.2) is 4.79 Å². The van der Waals surface area contributed by atoms with Gasteiger partial charge in [0.1, 0.15) is 6.54 Å². The molecule has 0 spiro atoms. The number of carbonyl (C=O) groups excluding carboxylic acids is 1. The van der Waals surface area contributed by atoms with Gasteiger partial charge < -0.3 is 20.1 Å². The lowest BCUT2D eigenvalue weighted by Crippen LogP contribution is -2.47. The van der Waals surface area contributed by atoms with Crippen LogP contribution in [0.5, 0.6) is 0 Å². The lowest BCUT2D eigenvalue weighted by Gasteiger charge is -2.27. The van der Waals surface area contributed by atoms with Crippen LogP contribution in [0.2, 0.25) is 0 Å². The Hall–Kier alpha value is -1.30. The topological polar surface area (TPSA) is 78.9 Å². The van der Waals surface area contributed by atoms with Crippen molar-refractivity contribution >= 4 is 12.0 Å². The number of rotatable bonds is 7. The Balaban J connectivity index is 2.42. The predicted octanol–water partition coefficient (Wildman–Crippen LogP) is 1.06. The van der Waals surface area contributed by atoms with Gasteiger partial charge in [-0.3, -0.25) is 4.79 Å². The summed E-state index contributed by atoms with van der Waals surface area (Å²) in [5, 5.41) is 11.6. The van der Waals surface area contributed by atoms with E-state index in [9.17, 15) is 9.59 Å². The van der Waals surface area contributed by atoms with Crippen LogP contribution < -0.4 is 5.32 Å². The molecule has 6 heteroatoms. The number of carbonyl (C=O) groups is 2. The van der Waals surface area contributed by atoms with E-state index in [1.165, 1.54) is 4.90 Å². The molecule has 0 aromatic rings. The van der Waals surface area contributed by atoms with Crippen LogP contribution in [0.4, 0.5) is 4.79 Å². The van der Waals surface area contributed by atoms with Gasteiger partial charge in [0.25, 0.3) is 0 Å². The number of nitrogens with zero attached hydrogens (tertiary/aromatic N) is 1. The molecule has 0 radical (unpaired) electrons. The number of ether oxygens (including phenoxy) is 1. The van der Waals surface area contributed by atoms with E-state index in [0.29, 0.717) is 13.2 Å². The minimum Gasteiger partial charge on any atom is -0.480 e. The van der Waals surface area contributed by atoms with Crippen LogP contribution in [-0.4, -0.2) is 54.9 Å². The Kier molecular flexibility index (Phi) is 6.49. The van der Waals surface area contributed by atoms with Crippen molar-refractivity contribution < 1.29 is 19.4 Å². The standard InChI is InChI=1S/C12H22N2O4/c1-18-8-4-7-13-12(17)14(9-11(15)16)10-5-2-3-6-10/h10H,2-9H2,1H3,(H,13,17)(H,15,16). The van der Waals surface area contributed by atoms with E-state index in [0.717, 1.165) is 32.1 Å². The third-order valence-electron chi connectivity index (χ3n) is 3.13. The normalized spacial score (nSPS) is 15.6. The third-order valence-corrected chi connectivity index (χ3v) is 3.13. The summed E-state index contributed by atoms with van der Waals surface area (Å²) < 4.78 is 4.89. The lowest BCUT2D eigenvalue weighted by atomic mass is 10.2. The van der Waals surface area contributed by atoms with E-state index in [2.05, 4.69) is 5.32 Å². The molecule has 1 rings (SSSR count). The number of urea groups is 1. The van der Waals surface area contributed by atoms with E-state index >= 15 is 0 Å². The lowest BCUT2D eigenvalue weighted by molar-refractivity contribution is -0.138. The number of carboxylic acids is 1. The molecule has 2 amide bonds. The van der Waals surface area contributed by atoms with Gasteiger partial charge >= 0.3 is 12.0 Å². The summed E-state index contributed by atoms with van der Waals surface area (Å²) >= 11 is 0. The number of hydrogen-bond acceptors (Lipinski definition) is 3. The highest BCUT2D eigenvalue weighted by Gasteiger charge is 2.27. The smallest absolute Gasteiger partial charge is 0.323 e. The zero-order valence-electron chi connectivity index (χ0n) is 10.9. The number of methoxy groups -OCH3 is 1. The minimum absolute atomic E-state index is 0.0727. The largest absolute Gasteiger partial charge is 0.480 e. The van der Waals surface area contributed by atoms with Crippen molar-refractivity contribution in [2.24, 2.45) is 0 Å². The Morgan fingerprint density at radius 1 is 1.39 bits per heavy atom. The number of aliphatic carboxylic acids is 1. The van der Waals surface area contributed by atoms with Crippen molar-refractivity contribution in [1.29, 1.82) is 0 Å². The van der Waals surface area contributed by atoms with Crippen LogP contribution in [0, 0.1) is 0 Å². The first kappa shape index (κ1) is 14.8. The molecule has 0 aromatic carbocycles. The Morgan fingerprint density at radius 3 is 2.61 bits per heavy atom. The van der Waals surface area contributed by atoms with Crippen molar-refractivity contribution in [3.63, 3.8) is 0 Å². The maximum absolute atomic E-state index is 11.9. The zero-order valence-corrected chi connectivity index (χ0v) is 10.9. The Bertz CT molecular complexity index is 277. The van der Waals surface area contributed by atoms with Crippen LogP contribution >= 0.6 is 0 Å². The zero-order chi connectivity index (χ0) is 13.4. The molecular formula is C12H22N2O4. The summed E-state index contributed by atoms with van der Waals surface area (Å²) in [5.41, 5.74) is 0. The summed E-state index contributed by atoms with van der Waals surface area (Å²) in [6.07, 6.45) is 4.67. The monoisotopic (exact) mass is 258 g/mol. The number of nitrogens with one attached hydrogen (secondary N) is 1. The number of amides is 2. The SMILES string of the molecule is COCCCNC(=O)N(CC(=O)O)C1CCCC1. The van der Waals surface area contributed by atoms with Crippen LogP contribution in [0.25, 0.3) is 0 Å². The van der Waals surface area contributed by atoms with Gasteiger partial charge in [0, 0.05) is 26.3 Å². The molecule has 18 heavy (non-hydrogen) atoms. The first-order valence-corrected chi connectivity index (χ1v) is 6.40. The van der Waals surface area contributed by atoms with Gasteiger partial charge in [0.2, 0.25) is 0 Å². The molecule has 1 aliphatic rings. The fourth-order valence-electron chi connectivity index (χ4n) is 2.24. The van der Waals surface area contributed by atoms with Crippen LogP contribution in [0.3, 0.4) is 0 Å². The molecule has 0 unspecified atom stereocenters. The van der Waals surface area contributed by atoms with Crippen LogP contribution in [0.1, 0.15) is 32.1 Å².